The summed E-state index contributed by atoms with van der Waals surface area (Å²) in [5, 5.41) is 0.453. The molecule has 1 amide bonds. The summed E-state index contributed by atoms with van der Waals surface area (Å²) >= 11 is 12.1. The van der Waals surface area contributed by atoms with E-state index in [4.69, 9.17) is 27.9 Å². The summed E-state index contributed by atoms with van der Waals surface area (Å²) in [6, 6.07) is 14.3. The number of sulfonamides is 1. The molecule has 2 heterocycles. The fourth-order valence-electron chi connectivity index (χ4n) is 4.40. The van der Waals surface area contributed by atoms with Crippen LogP contribution in [0.2, 0.25) is 10.0 Å². The number of carbonyl (C=O) groups is 1. The van der Waals surface area contributed by atoms with Gasteiger partial charge in [-0.2, -0.15) is 4.31 Å². The summed E-state index contributed by atoms with van der Waals surface area (Å²) in [4.78, 5) is 15.1. The Bertz CT molecular complexity index is 1070. The Morgan fingerprint density at radius 3 is 2.41 bits per heavy atom. The van der Waals surface area contributed by atoms with E-state index in [1.807, 2.05) is 42.2 Å². The van der Waals surface area contributed by atoms with Crippen LogP contribution in [-0.4, -0.2) is 55.8 Å². The number of hydrogen-bond donors (Lipinski definition) is 0. The lowest BCUT2D eigenvalue weighted by molar-refractivity contribution is -0.150. The second-order valence-corrected chi connectivity index (χ2v) is 11.1. The molecule has 2 aliphatic rings. The number of nitrogens with zero attached hydrogens (tertiary/aromatic N) is 2. The number of benzene rings is 2. The normalized spacial score (nSPS) is 23.3. The van der Waals surface area contributed by atoms with Gasteiger partial charge in [0.05, 0.1) is 17.7 Å². The minimum atomic E-state index is -3.77. The van der Waals surface area contributed by atoms with Gasteiger partial charge in [0.2, 0.25) is 15.9 Å². The number of ether oxygens (including phenoxy) is 1. The van der Waals surface area contributed by atoms with Crippen molar-refractivity contribution < 1.29 is 17.9 Å². The fraction of sp³-hybridized carbons (Fsp3) is 0.435. The van der Waals surface area contributed by atoms with E-state index in [2.05, 4.69) is 0 Å². The Labute approximate surface area is 199 Å². The van der Waals surface area contributed by atoms with E-state index < -0.39 is 10.0 Å². The van der Waals surface area contributed by atoms with E-state index in [9.17, 15) is 13.2 Å². The first kappa shape index (κ1) is 23.5. The van der Waals surface area contributed by atoms with E-state index in [-0.39, 0.29) is 47.0 Å². The number of halogens is 2. The number of morpholine rings is 1. The van der Waals surface area contributed by atoms with Crippen molar-refractivity contribution in [2.75, 3.05) is 26.2 Å². The molecule has 2 fully saturated rings. The second-order valence-electron chi connectivity index (χ2n) is 8.34. The molecule has 2 aromatic carbocycles. The predicted octanol–water partition coefficient (Wildman–Crippen LogP) is 4.38. The molecule has 2 aromatic rings. The van der Waals surface area contributed by atoms with Gasteiger partial charge in [-0.25, -0.2) is 8.42 Å². The zero-order valence-electron chi connectivity index (χ0n) is 17.8. The molecule has 0 N–H and O–H groups in total. The van der Waals surface area contributed by atoms with Crippen molar-refractivity contribution in [2.45, 2.75) is 36.9 Å². The molecule has 0 aromatic heterocycles. The highest BCUT2D eigenvalue weighted by molar-refractivity contribution is 7.89. The molecule has 6 nitrogen and oxygen atoms in total. The van der Waals surface area contributed by atoms with Crippen molar-refractivity contribution in [1.29, 1.82) is 0 Å². The zero-order chi connectivity index (χ0) is 22.9. The lowest BCUT2D eigenvalue weighted by Gasteiger charge is -2.40. The molecular weight excluding hydrogens is 471 g/mol. The van der Waals surface area contributed by atoms with E-state index in [0.29, 0.717) is 31.0 Å². The van der Waals surface area contributed by atoms with Crippen LogP contribution in [0.3, 0.4) is 0 Å². The zero-order valence-corrected chi connectivity index (χ0v) is 20.1. The highest BCUT2D eigenvalue weighted by Crippen LogP contribution is 2.32. The smallest absolute Gasteiger partial charge is 0.244 e. The molecule has 0 radical (unpaired) electrons. The van der Waals surface area contributed by atoms with Crippen molar-refractivity contribution in [3.05, 3.63) is 64.1 Å². The molecule has 9 heteroatoms. The molecule has 0 spiro atoms. The molecule has 0 saturated carbocycles. The van der Waals surface area contributed by atoms with Crippen LogP contribution >= 0.6 is 23.2 Å². The lowest BCUT2D eigenvalue weighted by atomic mass is 9.95. The fourth-order valence-corrected chi connectivity index (χ4v) is 6.61. The average molecular weight is 497 g/mol. The summed E-state index contributed by atoms with van der Waals surface area (Å²) in [7, 11) is -3.77. The molecule has 2 saturated heterocycles. The van der Waals surface area contributed by atoms with Crippen LogP contribution in [0, 0.1) is 5.92 Å². The maximum Gasteiger partial charge on any atom is 0.244 e. The Morgan fingerprint density at radius 1 is 1.03 bits per heavy atom. The van der Waals surface area contributed by atoms with Crippen LogP contribution in [0.4, 0.5) is 0 Å². The highest BCUT2D eigenvalue weighted by Gasteiger charge is 2.37. The summed E-state index contributed by atoms with van der Waals surface area (Å²) in [6.07, 6.45) is 0.716. The SMILES string of the molecule is CC1CN(C(=O)C2CCN(S(=O)(=O)c3cc(Cl)ccc3Cl)CC2)CC(c2ccccc2)O1. The van der Waals surface area contributed by atoms with E-state index in [0.717, 1.165) is 5.56 Å². The molecule has 4 rings (SSSR count). The van der Waals surface area contributed by atoms with Gasteiger partial charge in [0.25, 0.3) is 0 Å². The van der Waals surface area contributed by atoms with Crippen LogP contribution in [0.5, 0.6) is 0 Å². The van der Waals surface area contributed by atoms with Crippen molar-refractivity contribution in [1.82, 2.24) is 9.21 Å². The molecule has 2 unspecified atom stereocenters. The standard InChI is InChI=1S/C23H26Cl2N2O4S/c1-16-14-26(15-21(31-16)17-5-3-2-4-6-17)23(28)18-9-11-27(12-10-18)32(29,30)22-13-19(24)7-8-20(22)25/h2-8,13,16,18,21H,9-12,14-15H2,1H3. The van der Waals surface area contributed by atoms with Gasteiger partial charge in [-0.1, -0.05) is 53.5 Å². The maximum absolute atomic E-state index is 13.3. The third kappa shape index (κ3) is 4.97. The average Bonchev–Trinajstić information content (AvgIpc) is 2.80. The molecular formula is C23H26Cl2N2O4S. The third-order valence-corrected chi connectivity index (χ3v) is 8.67. The molecule has 2 aliphatic heterocycles. The summed E-state index contributed by atoms with van der Waals surface area (Å²) in [6.45, 7) is 3.55. The minimum absolute atomic E-state index is 0.00384. The monoisotopic (exact) mass is 496 g/mol. The molecule has 172 valence electrons. The van der Waals surface area contributed by atoms with Gasteiger partial charge >= 0.3 is 0 Å². The summed E-state index contributed by atoms with van der Waals surface area (Å²) in [5.41, 5.74) is 1.05. The van der Waals surface area contributed by atoms with Gasteiger partial charge in [0.15, 0.2) is 0 Å². The highest BCUT2D eigenvalue weighted by atomic mass is 35.5. The number of carbonyl (C=O) groups excluding carboxylic acids is 1. The van der Waals surface area contributed by atoms with E-state index in [1.165, 1.54) is 16.4 Å². The molecule has 2 atom stereocenters. The quantitative estimate of drug-likeness (QED) is 0.629. The Morgan fingerprint density at radius 2 is 1.72 bits per heavy atom. The van der Waals surface area contributed by atoms with E-state index >= 15 is 0 Å². The molecule has 0 aliphatic carbocycles. The van der Waals surface area contributed by atoms with Crippen LogP contribution < -0.4 is 0 Å². The predicted molar refractivity (Wildman–Crippen MR) is 124 cm³/mol. The molecule has 0 bridgehead atoms. The lowest BCUT2D eigenvalue weighted by Crippen LogP contribution is -2.50. The van der Waals surface area contributed by atoms with Gasteiger partial charge in [0, 0.05) is 30.6 Å². The van der Waals surface area contributed by atoms with Gasteiger partial charge in [-0.05, 0) is 43.5 Å². The largest absolute Gasteiger partial charge is 0.367 e. The van der Waals surface area contributed by atoms with Crippen molar-refractivity contribution in [3.8, 4) is 0 Å². The number of piperidine rings is 1. The Hall–Kier alpha value is -1.64. The maximum atomic E-state index is 13.3. The minimum Gasteiger partial charge on any atom is -0.367 e. The Balaban J connectivity index is 1.41. The second kappa shape index (κ2) is 9.69. The van der Waals surface area contributed by atoms with Gasteiger partial charge < -0.3 is 9.64 Å². The van der Waals surface area contributed by atoms with Crippen LogP contribution in [0.1, 0.15) is 31.4 Å². The van der Waals surface area contributed by atoms with Gasteiger partial charge in [0.1, 0.15) is 11.0 Å². The topological polar surface area (TPSA) is 66.9 Å². The summed E-state index contributed by atoms with van der Waals surface area (Å²) < 4.78 is 33.6. The first-order valence-corrected chi connectivity index (χ1v) is 12.9. The van der Waals surface area contributed by atoms with Crippen molar-refractivity contribution in [2.24, 2.45) is 5.92 Å². The first-order chi connectivity index (χ1) is 15.3. The van der Waals surface area contributed by atoms with Crippen molar-refractivity contribution in [3.63, 3.8) is 0 Å². The van der Waals surface area contributed by atoms with Gasteiger partial charge in [-0.15, -0.1) is 0 Å². The van der Waals surface area contributed by atoms with Gasteiger partial charge in [-0.3, -0.25) is 4.79 Å². The Kier molecular flexibility index (Phi) is 7.12. The number of hydrogen-bond acceptors (Lipinski definition) is 4. The van der Waals surface area contributed by atoms with Crippen LogP contribution in [0.25, 0.3) is 0 Å². The first-order valence-electron chi connectivity index (χ1n) is 10.7. The molecule has 32 heavy (non-hydrogen) atoms. The summed E-state index contributed by atoms with van der Waals surface area (Å²) in [5.74, 6) is -0.142. The third-order valence-electron chi connectivity index (χ3n) is 6.06. The number of rotatable bonds is 4. The number of amides is 1. The van der Waals surface area contributed by atoms with Crippen LogP contribution in [0.15, 0.2) is 53.4 Å². The van der Waals surface area contributed by atoms with Crippen molar-refractivity contribution >= 4 is 39.1 Å². The van der Waals surface area contributed by atoms with E-state index in [1.54, 1.807) is 6.07 Å². The van der Waals surface area contributed by atoms with Crippen LogP contribution in [-0.2, 0) is 19.6 Å².